The van der Waals surface area contributed by atoms with Crippen LogP contribution in [-0.2, 0) is 16.1 Å². The van der Waals surface area contributed by atoms with E-state index in [9.17, 15) is 9.18 Å². The van der Waals surface area contributed by atoms with Crippen LogP contribution in [0.5, 0.6) is 5.88 Å². The Hall–Kier alpha value is -3.50. The number of rotatable bonds is 8. The molecular formula is C25H26F2N4O4. The van der Waals surface area contributed by atoms with Crippen molar-refractivity contribution >= 4 is 11.6 Å². The summed E-state index contributed by atoms with van der Waals surface area (Å²) in [4.78, 5) is 25.4. The van der Waals surface area contributed by atoms with E-state index in [0.29, 0.717) is 22.5 Å². The molecule has 35 heavy (non-hydrogen) atoms. The number of halogens is 2. The van der Waals surface area contributed by atoms with Crippen LogP contribution < -0.4 is 10.1 Å². The number of aliphatic hydroxyl groups excluding tert-OH is 1. The number of carbonyl (C=O) groups is 1. The molecule has 0 unspecified atom stereocenters. The van der Waals surface area contributed by atoms with Gasteiger partial charge in [0.25, 0.3) is 5.91 Å². The van der Waals surface area contributed by atoms with Crippen molar-refractivity contribution in [3.63, 3.8) is 0 Å². The zero-order chi connectivity index (χ0) is 25.2. The molecule has 0 bridgehead atoms. The second-order valence-electron chi connectivity index (χ2n) is 8.82. The number of amides is 1. The van der Waals surface area contributed by atoms with Crippen molar-refractivity contribution in [2.75, 3.05) is 31.7 Å². The molecule has 1 saturated heterocycles. The van der Waals surface area contributed by atoms with E-state index < -0.39 is 17.2 Å². The molecule has 4 rings (SSSR count). The van der Waals surface area contributed by atoms with Crippen LogP contribution >= 0.6 is 0 Å². The fourth-order valence-electron chi connectivity index (χ4n) is 3.54. The maximum absolute atomic E-state index is 15.1. The van der Waals surface area contributed by atoms with Gasteiger partial charge in [-0.25, -0.2) is 13.8 Å². The lowest BCUT2D eigenvalue weighted by Gasteiger charge is -2.33. The Morgan fingerprint density at radius 3 is 2.69 bits per heavy atom. The SMILES string of the molecule is Cc1ncc(NC(=O)c2ccnc(C(C)(C)F)c2)cc1-c1cc(OCCO)nc(C2(F)COC2)c1. The second-order valence-corrected chi connectivity index (χ2v) is 8.82. The van der Waals surface area contributed by atoms with Crippen molar-refractivity contribution in [2.24, 2.45) is 0 Å². The topological polar surface area (TPSA) is 106 Å². The Morgan fingerprint density at radius 1 is 1.26 bits per heavy atom. The van der Waals surface area contributed by atoms with Crippen molar-refractivity contribution in [1.29, 1.82) is 0 Å². The van der Waals surface area contributed by atoms with Gasteiger partial charge in [-0.15, -0.1) is 0 Å². The molecule has 2 N–H and O–H groups in total. The Balaban J connectivity index is 1.66. The van der Waals surface area contributed by atoms with Crippen LogP contribution in [0.4, 0.5) is 14.5 Å². The highest BCUT2D eigenvalue weighted by atomic mass is 19.1. The van der Waals surface area contributed by atoms with Gasteiger partial charge in [-0.1, -0.05) is 0 Å². The van der Waals surface area contributed by atoms with Gasteiger partial charge in [0.2, 0.25) is 5.88 Å². The number of nitrogens with one attached hydrogen (secondary N) is 1. The number of pyridine rings is 3. The van der Waals surface area contributed by atoms with E-state index in [2.05, 4.69) is 20.3 Å². The number of carbonyl (C=O) groups excluding carboxylic acids is 1. The molecule has 4 heterocycles. The highest BCUT2D eigenvalue weighted by Crippen LogP contribution is 2.37. The molecule has 0 saturated carbocycles. The summed E-state index contributed by atoms with van der Waals surface area (Å²) < 4.78 is 39.9. The number of aromatic nitrogens is 3. The van der Waals surface area contributed by atoms with Gasteiger partial charge in [-0.3, -0.25) is 14.8 Å². The van der Waals surface area contributed by atoms with E-state index in [4.69, 9.17) is 14.6 Å². The summed E-state index contributed by atoms with van der Waals surface area (Å²) in [6.07, 6.45) is 2.88. The first-order valence-electron chi connectivity index (χ1n) is 11.1. The molecule has 0 atom stereocenters. The van der Waals surface area contributed by atoms with Crippen LogP contribution in [0.1, 0.15) is 41.3 Å². The van der Waals surface area contributed by atoms with Gasteiger partial charge >= 0.3 is 0 Å². The van der Waals surface area contributed by atoms with Crippen molar-refractivity contribution < 1.29 is 28.2 Å². The van der Waals surface area contributed by atoms with E-state index in [-0.39, 0.29) is 49.3 Å². The highest BCUT2D eigenvalue weighted by Gasteiger charge is 2.42. The second kappa shape index (κ2) is 9.63. The van der Waals surface area contributed by atoms with Crippen molar-refractivity contribution in [1.82, 2.24) is 15.0 Å². The lowest BCUT2D eigenvalue weighted by Crippen LogP contribution is -2.43. The molecule has 1 amide bonds. The number of alkyl halides is 2. The van der Waals surface area contributed by atoms with E-state index >= 15 is 4.39 Å². The summed E-state index contributed by atoms with van der Waals surface area (Å²) in [5.41, 5.74) is -0.634. The molecular weight excluding hydrogens is 458 g/mol. The standard InChI is InChI=1S/C25H26F2N4O4/c1-15-19(17-9-21(25(27)13-34-14-25)31-22(10-17)35-7-6-32)11-18(12-29-15)30-23(33)16-4-5-28-20(8-16)24(2,3)26/h4-5,8-12,32H,6-7,13-14H2,1-3H3,(H,30,33). The van der Waals surface area contributed by atoms with E-state index in [1.807, 2.05) is 0 Å². The van der Waals surface area contributed by atoms with Gasteiger partial charge in [0.05, 0.1) is 43.1 Å². The van der Waals surface area contributed by atoms with E-state index in [1.54, 1.807) is 25.1 Å². The van der Waals surface area contributed by atoms with Gasteiger partial charge in [0.1, 0.15) is 12.3 Å². The Labute approximate surface area is 201 Å². The fourth-order valence-corrected chi connectivity index (χ4v) is 3.54. The molecule has 3 aromatic heterocycles. The van der Waals surface area contributed by atoms with Gasteiger partial charge in [-0.2, -0.15) is 0 Å². The van der Waals surface area contributed by atoms with Crippen LogP contribution in [0, 0.1) is 6.92 Å². The highest BCUT2D eigenvalue weighted by molar-refractivity contribution is 6.04. The quantitative estimate of drug-likeness (QED) is 0.500. The fraction of sp³-hybridized carbons (Fsp3) is 0.360. The largest absolute Gasteiger partial charge is 0.475 e. The van der Waals surface area contributed by atoms with Crippen LogP contribution in [0.15, 0.2) is 42.7 Å². The third-order valence-electron chi connectivity index (χ3n) is 5.55. The Morgan fingerprint density at radius 2 is 2.03 bits per heavy atom. The third kappa shape index (κ3) is 5.44. The number of aliphatic hydroxyl groups is 1. The summed E-state index contributed by atoms with van der Waals surface area (Å²) in [6, 6.07) is 7.82. The number of hydrogen-bond acceptors (Lipinski definition) is 7. The van der Waals surface area contributed by atoms with Crippen molar-refractivity contribution in [3.05, 3.63) is 65.4 Å². The summed E-state index contributed by atoms with van der Waals surface area (Å²) in [7, 11) is 0. The maximum Gasteiger partial charge on any atom is 0.255 e. The number of nitrogens with zero attached hydrogens (tertiary/aromatic N) is 3. The minimum absolute atomic E-state index is 0.00259. The van der Waals surface area contributed by atoms with Gasteiger partial charge in [-0.05, 0) is 50.6 Å². The summed E-state index contributed by atoms with van der Waals surface area (Å²) in [6.45, 7) is 4.08. The maximum atomic E-state index is 15.1. The number of hydrogen-bond donors (Lipinski definition) is 2. The number of anilines is 1. The minimum atomic E-state index is -1.73. The van der Waals surface area contributed by atoms with E-state index in [0.717, 1.165) is 0 Å². The molecule has 0 aromatic carbocycles. The predicted octanol–water partition coefficient (Wildman–Crippen LogP) is 3.87. The monoisotopic (exact) mass is 484 g/mol. The first-order valence-corrected chi connectivity index (χ1v) is 11.1. The average molecular weight is 485 g/mol. The van der Waals surface area contributed by atoms with Gasteiger partial charge in [0.15, 0.2) is 5.67 Å². The number of aryl methyl sites for hydroxylation is 1. The molecule has 8 nitrogen and oxygen atoms in total. The molecule has 0 aliphatic carbocycles. The molecule has 184 valence electrons. The van der Waals surface area contributed by atoms with Crippen molar-refractivity contribution in [3.8, 4) is 17.0 Å². The molecule has 1 aliphatic rings. The van der Waals surface area contributed by atoms with E-state index in [1.165, 1.54) is 38.4 Å². The normalized spacial score (nSPS) is 14.8. The van der Waals surface area contributed by atoms with Crippen molar-refractivity contribution in [2.45, 2.75) is 32.1 Å². The first-order chi connectivity index (χ1) is 16.6. The lowest BCUT2D eigenvalue weighted by molar-refractivity contribution is -0.137. The van der Waals surface area contributed by atoms with Crippen LogP contribution in [0.2, 0.25) is 0 Å². The predicted molar refractivity (Wildman–Crippen MR) is 125 cm³/mol. The Kier molecular flexibility index (Phi) is 6.77. The summed E-state index contributed by atoms with van der Waals surface area (Å²) in [5, 5.41) is 11.9. The van der Waals surface area contributed by atoms with Crippen LogP contribution in [-0.4, -0.2) is 52.4 Å². The first kappa shape index (κ1) is 24.6. The van der Waals surface area contributed by atoms with Gasteiger partial charge in [0, 0.05) is 29.1 Å². The van der Waals surface area contributed by atoms with Crippen LogP contribution in [0.3, 0.4) is 0 Å². The smallest absolute Gasteiger partial charge is 0.255 e. The molecule has 10 heteroatoms. The zero-order valence-electron chi connectivity index (χ0n) is 19.6. The molecule has 0 radical (unpaired) electrons. The third-order valence-corrected chi connectivity index (χ3v) is 5.55. The minimum Gasteiger partial charge on any atom is -0.475 e. The van der Waals surface area contributed by atoms with Gasteiger partial charge < -0.3 is 19.9 Å². The van der Waals surface area contributed by atoms with Crippen LogP contribution in [0.25, 0.3) is 11.1 Å². The summed E-state index contributed by atoms with van der Waals surface area (Å²) in [5.74, 6) is -0.298. The molecule has 1 fully saturated rings. The number of ether oxygens (including phenoxy) is 2. The summed E-state index contributed by atoms with van der Waals surface area (Å²) >= 11 is 0. The molecule has 0 spiro atoms. The lowest BCUT2D eigenvalue weighted by atomic mass is 9.95. The Bertz CT molecular complexity index is 1240. The molecule has 1 aliphatic heterocycles. The zero-order valence-corrected chi connectivity index (χ0v) is 19.6. The molecule has 3 aromatic rings. The average Bonchev–Trinajstić information content (AvgIpc) is 2.81.